The lowest BCUT2D eigenvalue weighted by molar-refractivity contribution is 0.276. The summed E-state index contributed by atoms with van der Waals surface area (Å²) in [6.45, 7) is 11.6. The first-order chi connectivity index (χ1) is 18.5. The van der Waals surface area contributed by atoms with E-state index in [-0.39, 0.29) is 18.0 Å². The number of fused-ring (bicyclic) bond motifs is 1. The summed E-state index contributed by atoms with van der Waals surface area (Å²) < 4.78 is 42.4. The van der Waals surface area contributed by atoms with Gasteiger partial charge in [-0.25, -0.2) is 18.3 Å². The maximum Gasteiger partial charge on any atom is 0.192 e. The summed E-state index contributed by atoms with van der Waals surface area (Å²) in [5, 5.41) is 13.5. The topological polar surface area (TPSA) is 77.7 Å². The minimum Gasteiger partial charge on any atom is -0.496 e. The molecule has 4 heterocycles. The Morgan fingerprint density at radius 1 is 1.10 bits per heavy atom. The summed E-state index contributed by atoms with van der Waals surface area (Å²) in [4.78, 5) is 6.33. The number of halogens is 2. The van der Waals surface area contributed by atoms with E-state index in [1.54, 1.807) is 29.0 Å². The number of ether oxygens (including phenoxy) is 1. The number of anilines is 1. The molecule has 0 amide bonds. The number of hydrogen-bond acceptors (Lipinski definition) is 7. The summed E-state index contributed by atoms with van der Waals surface area (Å²) in [5.41, 5.74) is 3.38. The molecule has 1 aliphatic rings. The first kappa shape index (κ1) is 27.1. The normalized spacial score (nSPS) is 18.2. The summed E-state index contributed by atoms with van der Waals surface area (Å²) >= 11 is 0. The number of methoxy groups -OCH3 is 1. The van der Waals surface area contributed by atoms with Gasteiger partial charge in [0.05, 0.1) is 38.7 Å². The number of nitrogens with zero attached hydrogens (tertiary/aromatic N) is 6. The lowest BCUT2D eigenvalue weighted by Crippen LogP contribution is -2.40. The van der Waals surface area contributed by atoms with Gasteiger partial charge in [0.15, 0.2) is 14.0 Å². The number of aromatic nitrogens is 5. The van der Waals surface area contributed by atoms with Crippen LogP contribution in [-0.2, 0) is 11.0 Å². The third-order valence-electron chi connectivity index (χ3n) is 7.82. The van der Waals surface area contributed by atoms with Gasteiger partial charge >= 0.3 is 0 Å². The minimum atomic E-state index is -1.94. The van der Waals surface area contributed by atoms with Crippen molar-refractivity contribution in [1.82, 2.24) is 24.8 Å². The van der Waals surface area contributed by atoms with Crippen molar-refractivity contribution in [3.05, 3.63) is 65.7 Å². The zero-order valence-electron chi connectivity index (χ0n) is 23.2. The van der Waals surface area contributed by atoms with Crippen LogP contribution < -0.4 is 9.64 Å². The Bertz CT molecular complexity index is 1490. The van der Waals surface area contributed by atoms with Crippen LogP contribution in [0.15, 0.2) is 48.8 Å². The predicted molar refractivity (Wildman–Crippen MR) is 149 cm³/mol. The van der Waals surface area contributed by atoms with Crippen LogP contribution in [0.5, 0.6) is 5.75 Å². The summed E-state index contributed by atoms with van der Waals surface area (Å²) in [7, 11) is -0.410. The third-order valence-corrected chi connectivity index (χ3v) is 12.3. The van der Waals surface area contributed by atoms with Crippen LogP contribution in [-0.4, -0.2) is 52.9 Å². The van der Waals surface area contributed by atoms with Crippen molar-refractivity contribution < 1.29 is 17.9 Å². The summed E-state index contributed by atoms with van der Waals surface area (Å²) in [6, 6.07) is 9.45. The van der Waals surface area contributed by atoms with Crippen LogP contribution in [0.1, 0.15) is 44.4 Å². The molecular weight excluding hydrogens is 518 g/mol. The molecule has 2 atom stereocenters. The maximum atomic E-state index is 14.8. The van der Waals surface area contributed by atoms with Crippen LogP contribution in [0.25, 0.3) is 17.0 Å². The van der Waals surface area contributed by atoms with Crippen molar-refractivity contribution in [2.45, 2.75) is 64.1 Å². The second-order valence-corrected chi connectivity index (χ2v) is 16.3. The molecule has 0 N–H and O–H groups in total. The van der Waals surface area contributed by atoms with E-state index in [0.717, 1.165) is 5.56 Å². The molecule has 39 heavy (non-hydrogen) atoms. The summed E-state index contributed by atoms with van der Waals surface area (Å²) in [6.07, 6.45) is 2.52. The van der Waals surface area contributed by atoms with Gasteiger partial charge in [-0.2, -0.15) is 5.10 Å². The number of rotatable bonds is 7. The highest BCUT2D eigenvalue weighted by Crippen LogP contribution is 2.41. The number of benzene rings is 1. The Morgan fingerprint density at radius 3 is 2.64 bits per heavy atom. The quantitative estimate of drug-likeness (QED) is 0.255. The van der Waals surface area contributed by atoms with Crippen LogP contribution in [0.3, 0.4) is 0 Å². The highest BCUT2D eigenvalue weighted by atomic mass is 28.4. The zero-order valence-corrected chi connectivity index (χ0v) is 24.2. The highest BCUT2D eigenvalue weighted by molar-refractivity contribution is 6.74. The molecule has 1 fully saturated rings. The van der Waals surface area contributed by atoms with Gasteiger partial charge in [0.25, 0.3) is 0 Å². The molecule has 0 saturated carbocycles. The summed E-state index contributed by atoms with van der Waals surface area (Å²) in [5.74, 6) is 0.657. The molecule has 0 radical (unpaired) electrons. The number of imidazole rings is 1. The van der Waals surface area contributed by atoms with Crippen LogP contribution in [0.4, 0.5) is 14.6 Å². The fourth-order valence-electron chi connectivity index (χ4n) is 4.58. The van der Waals surface area contributed by atoms with E-state index in [1.807, 2.05) is 17.0 Å². The Morgan fingerprint density at radius 2 is 1.90 bits per heavy atom. The van der Waals surface area contributed by atoms with Crippen molar-refractivity contribution in [2.24, 2.45) is 0 Å². The van der Waals surface area contributed by atoms with Gasteiger partial charge in [-0.05, 0) is 60.1 Å². The lowest BCUT2D eigenvalue weighted by Gasteiger charge is -2.36. The van der Waals surface area contributed by atoms with Gasteiger partial charge in [-0.3, -0.25) is 0 Å². The molecule has 0 spiro atoms. The van der Waals surface area contributed by atoms with Crippen molar-refractivity contribution in [3.63, 3.8) is 0 Å². The zero-order chi connectivity index (χ0) is 27.9. The van der Waals surface area contributed by atoms with E-state index in [2.05, 4.69) is 49.0 Å². The second kappa shape index (κ2) is 10.3. The first-order valence-corrected chi connectivity index (χ1v) is 15.9. The fourth-order valence-corrected chi connectivity index (χ4v) is 5.54. The standard InChI is InChI=1S/C28H34F2N6O2Si/c1-28(2,3)39(5,6)38-17-18-11-22(33-32-14-18)24-15-31-26-9-10-27(34-36(24)26)35-16-20(30)13-23(35)21-12-19(29)7-8-25(21)37-4/h7-12,14-15,20,23H,13,16-17H2,1-6H3/t20-,23+/m0/s1. The maximum absolute atomic E-state index is 14.8. The van der Waals surface area contributed by atoms with Gasteiger partial charge in [0.2, 0.25) is 0 Å². The van der Waals surface area contributed by atoms with E-state index < -0.39 is 26.3 Å². The Labute approximate surface area is 228 Å². The Hall–Kier alpha value is -3.44. The van der Waals surface area contributed by atoms with Gasteiger partial charge in [0, 0.05) is 12.0 Å². The average Bonchev–Trinajstić information content (AvgIpc) is 3.50. The van der Waals surface area contributed by atoms with E-state index in [0.29, 0.717) is 40.8 Å². The smallest absolute Gasteiger partial charge is 0.192 e. The van der Waals surface area contributed by atoms with E-state index in [4.69, 9.17) is 14.3 Å². The molecule has 1 aliphatic heterocycles. The van der Waals surface area contributed by atoms with Crippen molar-refractivity contribution in [1.29, 1.82) is 0 Å². The third kappa shape index (κ3) is 5.37. The second-order valence-electron chi connectivity index (χ2n) is 11.5. The first-order valence-electron chi connectivity index (χ1n) is 13.0. The van der Waals surface area contributed by atoms with E-state index in [9.17, 15) is 8.78 Å². The molecule has 1 aromatic carbocycles. The van der Waals surface area contributed by atoms with Crippen LogP contribution >= 0.6 is 0 Å². The van der Waals surface area contributed by atoms with Crippen LogP contribution in [0.2, 0.25) is 18.1 Å². The number of hydrogen-bond donors (Lipinski definition) is 0. The molecule has 4 aromatic rings. The molecule has 11 heteroatoms. The lowest BCUT2D eigenvalue weighted by atomic mass is 10.0. The molecule has 5 rings (SSSR count). The Balaban J connectivity index is 1.47. The Kier molecular flexibility index (Phi) is 7.15. The molecule has 0 unspecified atom stereocenters. The molecule has 206 valence electrons. The molecule has 0 bridgehead atoms. The average molecular weight is 553 g/mol. The largest absolute Gasteiger partial charge is 0.496 e. The van der Waals surface area contributed by atoms with Gasteiger partial charge in [-0.15, -0.1) is 10.2 Å². The van der Waals surface area contributed by atoms with Crippen molar-refractivity contribution >= 4 is 19.8 Å². The van der Waals surface area contributed by atoms with Gasteiger partial charge in [0.1, 0.15) is 34.9 Å². The minimum absolute atomic E-state index is 0.0971. The molecule has 1 saturated heterocycles. The van der Waals surface area contributed by atoms with Crippen molar-refractivity contribution in [2.75, 3.05) is 18.6 Å². The molecule has 8 nitrogen and oxygen atoms in total. The molecule has 3 aromatic heterocycles. The predicted octanol–water partition coefficient (Wildman–Crippen LogP) is 6.15. The van der Waals surface area contributed by atoms with Crippen molar-refractivity contribution in [3.8, 4) is 17.1 Å². The highest BCUT2D eigenvalue weighted by Gasteiger charge is 2.38. The number of alkyl halides is 1. The molecular formula is C28H34F2N6O2Si. The van der Waals surface area contributed by atoms with Gasteiger partial charge < -0.3 is 14.1 Å². The molecule has 0 aliphatic carbocycles. The van der Waals surface area contributed by atoms with E-state index in [1.165, 1.54) is 19.2 Å². The van der Waals surface area contributed by atoms with Gasteiger partial charge in [-0.1, -0.05) is 20.8 Å². The fraction of sp³-hybridized carbons (Fsp3) is 0.429. The monoisotopic (exact) mass is 552 g/mol. The van der Waals surface area contributed by atoms with Crippen LogP contribution in [0, 0.1) is 5.82 Å². The van der Waals surface area contributed by atoms with E-state index >= 15 is 0 Å². The SMILES string of the molecule is COc1ccc(F)cc1[C@H]1C[C@H](F)CN1c1ccc2ncc(-c3cc(CO[Si](C)(C)C(C)(C)C)cnn3)n2n1.